The molecular weight excluding hydrogens is 312 g/mol. The van der Waals surface area contributed by atoms with Crippen LogP contribution in [0.25, 0.3) is 11.3 Å². The van der Waals surface area contributed by atoms with Gasteiger partial charge in [-0.25, -0.2) is 9.78 Å². The second kappa shape index (κ2) is 5.96. The van der Waals surface area contributed by atoms with E-state index in [0.29, 0.717) is 12.1 Å². The van der Waals surface area contributed by atoms with E-state index in [-0.39, 0.29) is 4.88 Å². The summed E-state index contributed by atoms with van der Waals surface area (Å²) in [6, 6.07) is 7.71. The molecule has 23 heavy (non-hydrogen) atoms. The van der Waals surface area contributed by atoms with Gasteiger partial charge in [0.15, 0.2) is 0 Å². The zero-order valence-electron chi connectivity index (χ0n) is 13.1. The maximum atomic E-state index is 11.6. The maximum Gasteiger partial charge on any atom is 0.348 e. The van der Waals surface area contributed by atoms with Gasteiger partial charge in [-0.3, -0.25) is 0 Å². The quantitative estimate of drug-likeness (QED) is 0.783. The van der Waals surface area contributed by atoms with Gasteiger partial charge in [-0.1, -0.05) is 28.9 Å². The Balaban J connectivity index is 2.04. The van der Waals surface area contributed by atoms with Crippen molar-refractivity contribution in [2.24, 2.45) is 0 Å². The average Bonchev–Trinajstić information content (AvgIpc) is 3.06. The molecule has 6 heteroatoms. The van der Waals surface area contributed by atoms with Crippen LogP contribution in [0.2, 0.25) is 0 Å². The van der Waals surface area contributed by atoms with E-state index in [1.807, 2.05) is 45.0 Å². The summed E-state index contributed by atoms with van der Waals surface area (Å²) < 4.78 is 5.16. The lowest BCUT2D eigenvalue weighted by molar-refractivity contribution is 0.0702. The van der Waals surface area contributed by atoms with Crippen molar-refractivity contribution < 1.29 is 14.4 Å². The minimum absolute atomic E-state index is 0.261. The Hall–Kier alpha value is -2.47. The van der Waals surface area contributed by atoms with E-state index in [9.17, 15) is 9.90 Å². The predicted octanol–water partition coefficient (Wildman–Crippen LogP) is 4.01. The van der Waals surface area contributed by atoms with Crippen molar-refractivity contribution in [1.29, 1.82) is 0 Å². The van der Waals surface area contributed by atoms with E-state index < -0.39 is 5.97 Å². The molecule has 0 aliphatic rings. The third-order valence-electron chi connectivity index (χ3n) is 3.67. The number of hydrogen-bond acceptors (Lipinski definition) is 5. The lowest BCUT2D eigenvalue weighted by Gasteiger charge is -2.00. The number of rotatable bonds is 4. The van der Waals surface area contributed by atoms with Crippen LogP contribution in [0, 0.1) is 20.8 Å². The largest absolute Gasteiger partial charge is 0.477 e. The number of carbonyl (C=O) groups is 1. The SMILES string of the molecule is Cc1cccc(-c2nc(Cc3c(C)noc3C)sc2C(=O)O)c1. The van der Waals surface area contributed by atoms with Crippen LogP contribution in [0.5, 0.6) is 0 Å². The van der Waals surface area contributed by atoms with E-state index in [4.69, 9.17) is 4.52 Å². The van der Waals surface area contributed by atoms with E-state index in [1.54, 1.807) is 0 Å². The molecule has 0 atom stereocenters. The van der Waals surface area contributed by atoms with E-state index >= 15 is 0 Å². The van der Waals surface area contributed by atoms with Gasteiger partial charge >= 0.3 is 5.97 Å². The van der Waals surface area contributed by atoms with Gasteiger partial charge in [-0.05, 0) is 26.8 Å². The second-order valence-corrected chi connectivity index (χ2v) is 6.52. The molecule has 1 N–H and O–H groups in total. The molecule has 2 aromatic heterocycles. The summed E-state index contributed by atoms with van der Waals surface area (Å²) in [7, 11) is 0. The Labute approximate surface area is 137 Å². The number of aryl methyl sites for hydroxylation is 3. The van der Waals surface area contributed by atoms with Crippen molar-refractivity contribution in [3.8, 4) is 11.3 Å². The fourth-order valence-corrected chi connectivity index (χ4v) is 3.42. The molecule has 2 heterocycles. The third-order valence-corrected chi connectivity index (χ3v) is 4.71. The Morgan fingerprint density at radius 1 is 1.30 bits per heavy atom. The molecule has 0 unspecified atom stereocenters. The first-order chi connectivity index (χ1) is 11.0. The Kier molecular flexibility index (Phi) is 4.00. The molecule has 0 radical (unpaired) electrons. The lowest BCUT2D eigenvalue weighted by Crippen LogP contribution is -1.95. The van der Waals surface area contributed by atoms with Crippen molar-refractivity contribution in [3.63, 3.8) is 0 Å². The van der Waals surface area contributed by atoms with Crippen LogP contribution in [-0.4, -0.2) is 21.2 Å². The van der Waals surface area contributed by atoms with Gasteiger partial charge in [-0.2, -0.15) is 0 Å². The first-order valence-corrected chi connectivity index (χ1v) is 7.99. The highest BCUT2D eigenvalue weighted by molar-refractivity contribution is 7.14. The third kappa shape index (κ3) is 3.03. The van der Waals surface area contributed by atoms with Crippen LogP contribution in [0.1, 0.15) is 37.3 Å². The van der Waals surface area contributed by atoms with E-state index in [2.05, 4.69) is 10.1 Å². The number of benzene rings is 1. The van der Waals surface area contributed by atoms with Crippen LogP contribution in [0.3, 0.4) is 0 Å². The molecule has 118 valence electrons. The normalized spacial score (nSPS) is 10.9. The molecule has 5 nitrogen and oxygen atoms in total. The molecule has 3 aromatic rings. The van der Waals surface area contributed by atoms with Crippen molar-refractivity contribution in [3.05, 3.63) is 56.7 Å². The van der Waals surface area contributed by atoms with Crippen LogP contribution >= 0.6 is 11.3 Å². The van der Waals surface area contributed by atoms with Crippen molar-refractivity contribution in [2.75, 3.05) is 0 Å². The molecule has 0 aliphatic carbocycles. The minimum Gasteiger partial charge on any atom is -0.477 e. The Bertz CT molecular complexity index is 860. The summed E-state index contributed by atoms with van der Waals surface area (Å²) in [5.41, 5.74) is 4.19. The molecule has 0 aliphatic heterocycles. The number of aromatic nitrogens is 2. The summed E-state index contributed by atoms with van der Waals surface area (Å²) in [4.78, 5) is 16.4. The Morgan fingerprint density at radius 3 is 2.70 bits per heavy atom. The monoisotopic (exact) mass is 328 g/mol. The number of carboxylic acids is 1. The highest BCUT2D eigenvalue weighted by atomic mass is 32.1. The van der Waals surface area contributed by atoms with Gasteiger partial charge in [0, 0.05) is 17.5 Å². The molecule has 0 fully saturated rings. The fourth-order valence-electron chi connectivity index (χ4n) is 2.48. The molecule has 0 saturated heterocycles. The van der Waals surface area contributed by atoms with Gasteiger partial charge in [0.1, 0.15) is 10.6 Å². The molecule has 0 saturated carbocycles. The van der Waals surface area contributed by atoms with Crippen molar-refractivity contribution >= 4 is 17.3 Å². The number of aromatic carboxylic acids is 1. The first kappa shape index (κ1) is 15.4. The average molecular weight is 328 g/mol. The number of carboxylic acid groups (broad SMARTS) is 1. The van der Waals surface area contributed by atoms with Crippen LogP contribution in [-0.2, 0) is 6.42 Å². The van der Waals surface area contributed by atoms with Gasteiger partial charge in [0.05, 0.1) is 16.4 Å². The first-order valence-electron chi connectivity index (χ1n) is 7.17. The zero-order chi connectivity index (χ0) is 16.6. The maximum absolute atomic E-state index is 11.6. The van der Waals surface area contributed by atoms with Gasteiger partial charge in [0.25, 0.3) is 0 Å². The van der Waals surface area contributed by atoms with Crippen molar-refractivity contribution in [2.45, 2.75) is 27.2 Å². The minimum atomic E-state index is -0.955. The molecule has 0 spiro atoms. The zero-order valence-corrected chi connectivity index (χ0v) is 13.9. The standard InChI is InChI=1S/C17H16N2O3S/c1-9-5-4-6-12(7-9)15-16(17(20)21)23-14(18-15)8-13-10(2)19-22-11(13)3/h4-7H,8H2,1-3H3,(H,20,21). The Morgan fingerprint density at radius 2 is 2.09 bits per heavy atom. The summed E-state index contributed by atoms with van der Waals surface area (Å²) in [6.45, 7) is 5.70. The summed E-state index contributed by atoms with van der Waals surface area (Å²) in [5.74, 6) is -0.212. The molecule has 0 bridgehead atoms. The lowest BCUT2D eigenvalue weighted by atomic mass is 10.1. The van der Waals surface area contributed by atoms with Crippen LogP contribution < -0.4 is 0 Å². The van der Waals surface area contributed by atoms with Crippen molar-refractivity contribution in [1.82, 2.24) is 10.1 Å². The molecule has 0 amide bonds. The molecule has 1 aromatic carbocycles. The highest BCUT2D eigenvalue weighted by Crippen LogP contribution is 2.31. The summed E-state index contributed by atoms with van der Waals surface area (Å²) >= 11 is 1.20. The smallest absolute Gasteiger partial charge is 0.348 e. The van der Waals surface area contributed by atoms with Crippen LogP contribution in [0.15, 0.2) is 28.8 Å². The van der Waals surface area contributed by atoms with Crippen LogP contribution in [0.4, 0.5) is 0 Å². The topological polar surface area (TPSA) is 76.2 Å². The summed E-state index contributed by atoms with van der Waals surface area (Å²) in [5, 5.41) is 14.2. The number of thiazole rings is 1. The van der Waals surface area contributed by atoms with E-state index in [0.717, 1.165) is 33.2 Å². The number of hydrogen-bond donors (Lipinski definition) is 1. The van der Waals surface area contributed by atoms with Gasteiger partial charge in [0.2, 0.25) is 0 Å². The van der Waals surface area contributed by atoms with E-state index in [1.165, 1.54) is 11.3 Å². The second-order valence-electron chi connectivity index (χ2n) is 5.44. The fraction of sp³-hybridized carbons (Fsp3) is 0.235. The van der Waals surface area contributed by atoms with Gasteiger partial charge in [-0.15, -0.1) is 11.3 Å². The highest BCUT2D eigenvalue weighted by Gasteiger charge is 2.20. The molecule has 3 rings (SSSR count). The number of nitrogens with zero attached hydrogens (tertiary/aromatic N) is 2. The predicted molar refractivity (Wildman–Crippen MR) is 88.0 cm³/mol. The summed E-state index contributed by atoms with van der Waals surface area (Å²) in [6.07, 6.45) is 0.526. The van der Waals surface area contributed by atoms with Gasteiger partial charge < -0.3 is 9.63 Å². The molecular formula is C17H16N2O3S.